The lowest BCUT2D eigenvalue weighted by molar-refractivity contribution is 0.183. The lowest BCUT2D eigenvalue weighted by Gasteiger charge is -2.13. The molecule has 0 amide bonds. The Morgan fingerprint density at radius 1 is 1.22 bits per heavy atom. The van der Waals surface area contributed by atoms with Crippen molar-refractivity contribution in [3.8, 4) is 11.5 Å². The Morgan fingerprint density at radius 3 is 2.39 bits per heavy atom. The van der Waals surface area contributed by atoms with Crippen LogP contribution >= 0.6 is 0 Å². The number of methoxy groups -OCH3 is 2. The smallest absolute Gasteiger partial charge is 0.161 e. The Morgan fingerprint density at radius 2 is 1.83 bits per heavy atom. The van der Waals surface area contributed by atoms with E-state index in [1.165, 1.54) is 5.56 Å². The third-order valence-electron chi connectivity index (χ3n) is 2.90. The molecule has 4 nitrogen and oxygen atoms in total. The number of hydrogen-bond acceptors (Lipinski definition) is 4. The van der Waals surface area contributed by atoms with E-state index in [-0.39, 0.29) is 6.10 Å². The predicted molar refractivity (Wildman–Crippen MR) is 72.3 cm³/mol. The summed E-state index contributed by atoms with van der Waals surface area (Å²) < 4.78 is 10.5. The standard InChI is InChI=1S/C14H23NO3/c1-10-7-13(17-3)14(18-4)8-12(10)9-15-6-5-11(2)16/h7-8,11,15-16H,5-6,9H2,1-4H3. The Kier molecular flexibility index (Phi) is 5.95. The van der Waals surface area contributed by atoms with Crippen molar-refractivity contribution in [1.29, 1.82) is 0 Å². The molecule has 0 saturated heterocycles. The van der Waals surface area contributed by atoms with Gasteiger partial charge in [0.05, 0.1) is 20.3 Å². The number of hydrogen-bond donors (Lipinski definition) is 2. The highest BCUT2D eigenvalue weighted by Gasteiger charge is 2.08. The number of ether oxygens (including phenoxy) is 2. The van der Waals surface area contributed by atoms with Crippen LogP contribution in [0.25, 0.3) is 0 Å². The van der Waals surface area contributed by atoms with Crippen LogP contribution < -0.4 is 14.8 Å². The average Bonchev–Trinajstić information content (AvgIpc) is 2.35. The van der Waals surface area contributed by atoms with Gasteiger partial charge >= 0.3 is 0 Å². The zero-order chi connectivity index (χ0) is 13.5. The summed E-state index contributed by atoms with van der Waals surface area (Å²) in [6.45, 7) is 5.40. The van der Waals surface area contributed by atoms with Crippen LogP contribution in [-0.4, -0.2) is 32.0 Å². The molecule has 4 heteroatoms. The first-order chi connectivity index (χ1) is 8.58. The molecule has 0 radical (unpaired) electrons. The molecule has 0 spiro atoms. The van der Waals surface area contributed by atoms with Gasteiger partial charge < -0.3 is 19.9 Å². The summed E-state index contributed by atoms with van der Waals surface area (Å²) >= 11 is 0. The largest absolute Gasteiger partial charge is 0.493 e. The normalized spacial score (nSPS) is 12.3. The van der Waals surface area contributed by atoms with Crippen molar-refractivity contribution in [2.75, 3.05) is 20.8 Å². The zero-order valence-corrected chi connectivity index (χ0v) is 11.6. The molecule has 1 aromatic rings. The van der Waals surface area contributed by atoms with Gasteiger partial charge in [0.2, 0.25) is 0 Å². The minimum absolute atomic E-state index is 0.260. The van der Waals surface area contributed by atoms with Gasteiger partial charge in [-0.1, -0.05) is 0 Å². The van der Waals surface area contributed by atoms with Crippen molar-refractivity contribution in [2.24, 2.45) is 0 Å². The molecule has 0 fully saturated rings. The van der Waals surface area contributed by atoms with Crippen molar-refractivity contribution in [1.82, 2.24) is 5.32 Å². The molecule has 0 heterocycles. The van der Waals surface area contributed by atoms with Gasteiger partial charge in [-0.15, -0.1) is 0 Å². The van der Waals surface area contributed by atoms with Crippen LogP contribution in [0.2, 0.25) is 0 Å². The fourth-order valence-corrected chi connectivity index (χ4v) is 1.75. The molecule has 1 atom stereocenters. The molecule has 0 aromatic heterocycles. The number of aliphatic hydroxyl groups is 1. The van der Waals surface area contributed by atoms with Crippen molar-refractivity contribution in [2.45, 2.75) is 32.9 Å². The maximum atomic E-state index is 9.18. The van der Waals surface area contributed by atoms with Gasteiger partial charge in [0, 0.05) is 6.54 Å². The Balaban J connectivity index is 2.65. The first-order valence-electron chi connectivity index (χ1n) is 6.18. The van der Waals surface area contributed by atoms with E-state index < -0.39 is 0 Å². The molecule has 0 saturated carbocycles. The highest BCUT2D eigenvalue weighted by molar-refractivity contribution is 5.46. The lowest BCUT2D eigenvalue weighted by atomic mass is 10.1. The number of aliphatic hydroxyl groups excluding tert-OH is 1. The molecule has 102 valence electrons. The second kappa shape index (κ2) is 7.24. The van der Waals surface area contributed by atoms with Gasteiger partial charge in [-0.3, -0.25) is 0 Å². The fraction of sp³-hybridized carbons (Fsp3) is 0.571. The van der Waals surface area contributed by atoms with Crippen LogP contribution in [0.4, 0.5) is 0 Å². The van der Waals surface area contributed by atoms with Gasteiger partial charge in [0.1, 0.15) is 0 Å². The summed E-state index contributed by atoms with van der Waals surface area (Å²) in [6, 6.07) is 3.97. The van der Waals surface area contributed by atoms with Crippen molar-refractivity contribution < 1.29 is 14.6 Å². The van der Waals surface area contributed by atoms with E-state index >= 15 is 0 Å². The molecule has 1 unspecified atom stereocenters. The number of benzene rings is 1. The van der Waals surface area contributed by atoms with Crippen LogP contribution in [0.15, 0.2) is 12.1 Å². The van der Waals surface area contributed by atoms with Crippen LogP contribution in [0.5, 0.6) is 11.5 Å². The molecule has 0 aliphatic rings. The summed E-state index contributed by atoms with van der Waals surface area (Å²) in [7, 11) is 3.27. The van der Waals surface area contributed by atoms with Crippen LogP contribution in [0.3, 0.4) is 0 Å². The van der Waals surface area contributed by atoms with Crippen molar-refractivity contribution >= 4 is 0 Å². The molecule has 0 aliphatic heterocycles. The molecule has 2 N–H and O–H groups in total. The van der Waals surface area contributed by atoms with Gasteiger partial charge in [-0.2, -0.15) is 0 Å². The Labute approximate surface area is 109 Å². The Bertz CT molecular complexity index is 378. The monoisotopic (exact) mass is 253 g/mol. The minimum atomic E-state index is -0.260. The third kappa shape index (κ3) is 4.20. The fourth-order valence-electron chi connectivity index (χ4n) is 1.75. The number of nitrogens with one attached hydrogen (secondary N) is 1. The molecular formula is C14H23NO3. The number of rotatable bonds is 7. The van der Waals surface area contributed by atoms with Gasteiger partial charge in [0.25, 0.3) is 0 Å². The third-order valence-corrected chi connectivity index (χ3v) is 2.90. The zero-order valence-electron chi connectivity index (χ0n) is 11.6. The van der Waals surface area contributed by atoms with Crippen molar-refractivity contribution in [3.05, 3.63) is 23.3 Å². The SMILES string of the molecule is COc1cc(C)c(CNCCC(C)O)cc1OC. The van der Waals surface area contributed by atoms with E-state index in [0.717, 1.165) is 36.6 Å². The lowest BCUT2D eigenvalue weighted by Crippen LogP contribution is -2.19. The molecule has 1 aromatic carbocycles. The van der Waals surface area contributed by atoms with E-state index in [9.17, 15) is 5.11 Å². The van der Waals surface area contributed by atoms with Gasteiger partial charge in [-0.25, -0.2) is 0 Å². The molecule has 1 rings (SSSR count). The summed E-state index contributed by atoms with van der Waals surface area (Å²) in [4.78, 5) is 0. The van der Waals surface area contributed by atoms with Gasteiger partial charge in [0.15, 0.2) is 11.5 Å². The maximum Gasteiger partial charge on any atom is 0.161 e. The molecule has 0 bridgehead atoms. The van der Waals surface area contributed by atoms with E-state index in [1.54, 1.807) is 21.1 Å². The average molecular weight is 253 g/mol. The predicted octanol–water partition coefficient (Wildman–Crippen LogP) is 1.87. The number of aryl methyl sites for hydroxylation is 1. The minimum Gasteiger partial charge on any atom is -0.493 e. The summed E-state index contributed by atoms with van der Waals surface area (Å²) in [5, 5.41) is 12.5. The summed E-state index contributed by atoms with van der Waals surface area (Å²) in [6.07, 6.45) is 0.496. The highest BCUT2D eigenvalue weighted by atomic mass is 16.5. The van der Waals surface area contributed by atoms with E-state index in [4.69, 9.17) is 9.47 Å². The topological polar surface area (TPSA) is 50.7 Å². The maximum absolute atomic E-state index is 9.18. The summed E-state index contributed by atoms with van der Waals surface area (Å²) in [5.74, 6) is 1.50. The first kappa shape index (κ1) is 14.8. The Hall–Kier alpha value is -1.26. The van der Waals surface area contributed by atoms with Crippen LogP contribution in [-0.2, 0) is 6.54 Å². The van der Waals surface area contributed by atoms with Crippen molar-refractivity contribution in [3.63, 3.8) is 0 Å². The molecule has 0 aliphatic carbocycles. The van der Waals surface area contributed by atoms with Crippen LogP contribution in [0.1, 0.15) is 24.5 Å². The quantitative estimate of drug-likeness (QED) is 0.728. The van der Waals surface area contributed by atoms with Crippen LogP contribution in [0, 0.1) is 6.92 Å². The van der Waals surface area contributed by atoms with E-state index in [1.807, 2.05) is 19.1 Å². The molecule has 18 heavy (non-hydrogen) atoms. The second-order valence-corrected chi connectivity index (χ2v) is 4.45. The molecular weight excluding hydrogens is 230 g/mol. The van der Waals surface area contributed by atoms with Gasteiger partial charge in [-0.05, 0) is 50.1 Å². The van der Waals surface area contributed by atoms with E-state index in [0.29, 0.717) is 0 Å². The highest BCUT2D eigenvalue weighted by Crippen LogP contribution is 2.30. The summed E-state index contributed by atoms with van der Waals surface area (Å²) in [5.41, 5.74) is 2.34. The van der Waals surface area contributed by atoms with E-state index in [2.05, 4.69) is 5.32 Å². The first-order valence-corrected chi connectivity index (χ1v) is 6.18. The second-order valence-electron chi connectivity index (χ2n) is 4.45.